The predicted molar refractivity (Wildman–Crippen MR) is 96.0 cm³/mol. The monoisotopic (exact) mass is 388 g/mol. The molecule has 1 aliphatic rings. The number of methoxy groups -OCH3 is 3. The van der Waals surface area contributed by atoms with E-state index in [1.807, 2.05) is 0 Å². The third-order valence-corrected chi connectivity index (χ3v) is 4.60. The first-order chi connectivity index (χ1) is 13.3. The molecule has 9 heteroatoms. The van der Waals surface area contributed by atoms with Crippen molar-refractivity contribution in [2.24, 2.45) is 0 Å². The minimum Gasteiger partial charge on any atom is -0.493 e. The molecule has 0 unspecified atom stereocenters. The summed E-state index contributed by atoms with van der Waals surface area (Å²) >= 11 is 0. The number of benzene rings is 1. The van der Waals surface area contributed by atoms with E-state index in [1.165, 1.54) is 33.5 Å². The molecule has 0 saturated carbocycles. The Morgan fingerprint density at radius 3 is 2.46 bits per heavy atom. The Labute approximate surface area is 161 Å². The molecule has 1 N–H and O–H groups in total. The molecule has 3 amide bonds. The van der Waals surface area contributed by atoms with E-state index in [-0.39, 0.29) is 18.1 Å². The second-order valence-electron chi connectivity index (χ2n) is 6.27. The molecule has 2 aromatic rings. The highest BCUT2D eigenvalue weighted by atomic mass is 16.5. The lowest BCUT2D eigenvalue weighted by molar-refractivity contribution is -0.131. The Morgan fingerprint density at radius 1 is 1.11 bits per heavy atom. The summed E-state index contributed by atoms with van der Waals surface area (Å²) in [5.41, 5.74) is -0.741. The molecule has 0 spiro atoms. The average Bonchev–Trinajstić information content (AvgIpc) is 3.26. The number of hydrogen-bond acceptors (Lipinski definition) is 7. The van der Waals surface area contributed by atoms with E-state index < -0.39 is 23.4 Å². The van der Waals surface area contributed by atoms with Crippen LogP contribution in [0.4, 0.5) is 4.79 Å². The third kappa shape index (κ3) is 3.15. The summed E-state index contributed by atoms with van der Waals surface area (Å²) in [6.45, 7) is 1.49. The molecular weight excluding hydrogens is 368 g/mol. The van der Waals surface area contributed by atoms with Crippen LogP contribution in [0, 0.1) is 0 Å². The maximum absolute atomic E-state index is 13.0. The fourth-order valence-electron chi connectivity index (χ4n) is 3.01. The second kappa shape index (κ2) is 7.26. The molecule has 3 rings (SSSR count). The number of carbonyl (C=O) groups is 3. The zero-order valence-corrected chi connectivity index (χ0v) is 15.9. The second-order valence-corrected chi connectivity index (χ2v) is 6.27. The van der Waals surface area contributed by atoms with Crippen molar-refractivity contribution >= 4 is 17.9 Å². The summed E-state index contributed by atoms with van der Waals surface area (Å²) in [7, 11) is 4.23. The van der Waals surface area contributed by atoms with Crippen molar-refractivity contribution in [2.45, 2.75) is 19.0 Å². The highest BCUT2D eigenvalue weighted by Crippen LogP contribution is 2.35. The maximum atomic E-state index is 13.0. The van der Waals surface area contributed by atoms with Gasteiger partial charge in [-0.05, 0) is 36.8 Å². The third-order valence-electron chi connectivity index (χ3n) is 4.60. The number of nitrogens with zero attached hydrogens (tertiary/aromatic N) is 1. The summed E-state index contributed by atoms with van der Waals surface area (Å²) in [5.74, 6) is 0.122. The van der Waals surface area contributed by atoms with Crippen LogP contribution in [0.2, 0.25) is 0 Å². The number of carbonyl (C=O) groups excluding carboxylic acids is 3. The highest BCUT2D eigenvalue weighted by Gasteiger charge is 2.49. The summed E-state index contributed by atoms with van der Waals surface area (Å²) in [6, 6.07) is 7.36. The minimum absolute atomic E-state index is 0.00722. The van der Waals surface area contributed by atoms with Gasteiger partial charge in [-0.25, -0.2) is 9.59 Å². The van der Waals surface area contributed by atoms with Crippen LogP contribution in [0.3, 0.4) is 0 Å². The van der Waals surface area contributed by atoms with Crippen molar-refractivity contribution in [3.8, 4) is 11.5 Å². The van der Waals surface area contributed by atoms with Crippen LogP contribution in [0.15, 0.2) is 34.7 Å². The lowest BCUT2D eigenvalue weighted by atomic mass is 9.91. The molecule has 1 aliphatic heterocycles. The van der Waals surface area contributed by atoms with Gasteiger partial charge in [0, 0.05) is 0 Å². The molecular formula is C19H20N2O7. The number of nitrogens with one attached hydrogen (secondary N) is 1. The zero-order valence-electron chi connectivity index (χ0n) is 15.9. The summed E-state index contributed by atoms with van der Waals surface area (Å²) < 4.78 is 20.4. The van der Waals surface area contributed by atoms with Crippen molar-refractivity contribution in [1.82, 2.24) is 10.2 Å². The predicted octanol–water partition coefficient (Wildman–Crippen LogP) is 2.05. The average molecular weight is 388 g/mol. The fraction of sp³-hybridized carbons (Fsp3) is 0.316. The minimum atomic E-state index is -1.28. The van der Waals surface area contributed by atoms with Gasteiger partial charge in [-0.1, -0.05) is 6.07 Å². The summed E-state index contributed by atoms with van der Waals surface area (Å²) in [6.07, 6.45) is 0. The van der Waals surface area contributed by atoms with Crippen LogP contribution in [0.5, 0.6) is 11.5 Å². The van der Waals surface area contributed by atoms with Gasteiger partial charge in [-0.2, -0.15) is 0 Å². The number of hydrogen-bond donors (Lipinski definition) is 1. The number of ether oxygens (including phenoxy) is 3. The van der Waals surface area contributed by atoms with E-state index in [9.17, 15) is 14.4 Å². The number of amides is 3. The van der Waals surface area contributed by atoms with E-state index >= 15 is 0 Å². The molecule has 148 valence electrons. The van der Waals surface area contributed by atoms with Gasteiger partial charge < -0.3 is 23.9 Å². The number of imide groups is 1. The van der Waals surface area contributed by atoms with E-state index in [1.54, 1.807) is 25.1 Å². The smallest absolute Gasteiger partial charge is 0.373 e. The molecule has 0 radical (unpaired) electrons. The van der Waals surface area contributed by atoms with Crippen LogP contribution in [0.25, 0.3) is 0 Å². The van der Waals surface area contributed by atoms with Gasteiger partial charge in [0.25, 0.3) is 5.91 Å². The standard InChI is InChI=1S/C19H20N2O7/c1-19(11-5-7-13(25-2)15(9-11)26-3)17(23)21(18(24)20-19)10-12-6-8-14(28-12)16(22)27-4/h5-9H,10H2,1-4H3,(H,20,24)/t19-/m1/s1. The lowest BCUT2D eigenvalue weighted by Gasteiger charge is -2.23. The quantitative estimate of drug-likeness (QED) is 0.596. The Bertz CT molecular complexity index is 936. The van der Waals surface area contributed by atoms with Gasteiger partial charge in [0.1, 0.15) is 11.3 Å². The van der Waals surface area contributed by atoms with Gasteiger partial charge in [-0.15, -0.1) is 0 Å². The molecule has 1 fully saturated rings. The Morgan fingerprint density at radius 2 is 1.82 bits per heavy atom. The number of urea groups is 1. The number of rotatable bonds is 6. The van der Waals surface area contributed by atoms with Crippen molar-refractivity contribution in [3.05, 3.63) is 47.4 Å². The van der Waals surface area contributed by atoms with Crippen LogP contribution < -0.4 is 14.8 Å². The fourth-order valence-corrected chi connectivity index (χ4v) is 3.01. The van der Waals surface area contributed by atoms with Crippen LogP contribution >= 0.6 is 0 Å². The highest BCUT2D eigenvalue weighted by molar-refractivity contribution is 6.07. The van der Waals surface area contributed by atoms with E-state index in [0.717, 1.165) is 4.90 Å². The number of furan rings is 1. The van der Waals surface area contributed by atoms with Crippen LogP contribution in [-0.2, 0) is 21.6 Å². The van der Waals surface area contributed by atoms with Crippen LogP contribution in [-0.4, -0.2) is 44.1 Å². The van der Waals surface area contributed by atoms with Gasteiger partial charge in [0.15, 0.2) is 11.5 Å². The molecule has 0 bridgehead atoms. The largest absolute Gasteiger partial charge is 0.493 e. The van der Waals surface area contributed by atoms with Gasteiger partial charge >= 0.3 is 12.0 Å². The molecule has 28 heavy (non-hydrogen) atoms. The first kappa shape index (κ1) is 19.3. The van der Waals surface area contributed by atoms with Crippen molar-refractivity contribution in [3.63, 3.8) is 0 Å². The summed E-state index contributed by atoms with van der Waals surface area (Å²) in [5, 5.41) is 2.70. The normalized spacial score (nSPS) is 18.8. The SMILES string of the molecule is COC(=O)c1ccc(CN2C(=O)N[C@](C)(c3ccc(OC)c(OC)c3)C2=O)o1. The first-order valence-corrected chi connectivity index (χ1v) is 8.37. The molecule has 9 nitrogen and oxygen atoms in total. The van der Waals surface area contributed by atoms with Crippen LogP contribution in [0.1, 0.15) is 28.8 Å². The van der Waals surface area contributed by atoms with E-state index in [0.29, 0.717) is 17.1 Å². The molecule has 1 saturated heterocycles. The molecule has 0 aliphatic carbocycles. The topological polar surface area (TPSA) is 107 Å². The Hall–Kier alpha value is -3.49. The van der Waals surface area contributed by atoms with Gasteiger partial charge in [-0.3, -0.25) is 9.69 Å². The van der Waals surface area contributed by atoms with Gasteiger partial charge in [0.2, 0.25) is 5.76 Å². The zero-order chi connectivity index (χ0) is 20.5. The maximum Gasteiger partial charge on any atom is 0.373 e. The molecule has 1 atom stereocenters. The Kier molecular flexibility index (Phi) is 5.00. The summed E-state index contributed by atoms with van der Waals surface area (Å²) in [4.78, 5) is 38.0. The van der Waals surface area contributed by atoms with Crippen molar-refractivity contribution in [1.29, 1.82) is 0 Å². The molecule has 1 aromatic heterocycles. The van der Waals surface area contributed by atoms with Crippen molar-refractivity contribution < 1.29 is 33.0 Å². The molecule has 2 heterocycles. The Balaban J connectivity index is 1.86. The van der Waals surface area contributed by atoms with E-state index in [4.69, 9.17) is 13.9 Å². The molecule has 1 aromatic carbocycles. The lowest BCUT2D eigenvalue weighted by Crippen LogP contribution is -2.40. The first-order valence-electron chi connectivity index (χ1n) is 8.37. The van der Waals surface area contributed by atoms with E-state index in [2.05, 4.69) is 10.1 Å². The number of esters is 1. The van der Waals surface area contributed by atoms with Crippen molar-refractivity contribution in [2.75, 3.05) is 21.3 Å². The van der Waals surface area contributed by atoms with Gasteiger partial charge in [0.05, 0.1) is 27.9 Å².